The number of halogens is 1. The number of hydrogen-bond acceptors (Lipinski definition) is 4. The summed E-state index contributed by atoms with van der Waals surface area (Å²) in [7, 11) is 1.32. The van der Waals surface area contributed by atoms with E-state index in [1.165, 1.54) is 12.0 Å². The molecular formula is C19H24BrN3O4. The molecule has 0 aliphatic carbocycles. The van der Waals surface area contributed by atoms with Crippen LogP contribution in [0.2, 0.25) is 0 Å². The van der Waals surface area contributed by atoms with Gasteiger partial charge in [-0.05, 0) is 42.5 Å². The molecule has 1 aromatic carbocycles. The average molecular weight is 438 g/mol. The van der Waals surface area contributed by atoms with E-state index in [9.17, 15) is 14.4 Å². The van der Waals surface area contributed by atoms with E-state index in [1.54, 1.807) is 0 Å². The first-order valence-electron chi connectivity index (χ1n) is 9.19. The molecule has 2 aliphatic heterocycles. The highest BCUT2D eigenvalue weighted by atomic mass is 79.9. The molecule has 3 amide bonds. The Bertz CT molecular complexity index is 740. The van der Waals surface area contributed by atoms with E-state index in [-0.39, 0.29) is 11.8 Å². The Hall–Kier alpha value is -2.09. The Morgan fingerprint density at radius 1 is 1.30 bits per heavy atom. The quantitative estimate of drug-likeness (QED) is 0.716. The number of carbonyl (C=O) groups excluding carboxylic acids is 3. The molecule has 1 saturated heterocycles. The summed E-state index contributed by atoms with van der Waals surface area (Å²) in [4.78, 5) is 40.0. The highest BCUT2D eigenvalue weighted by molar-refractivity contribution is 9.10. The fraction of sp³-hybridized carbons (Fsp3) is 0.526. The van der Waals surface area contributed by atoms with Gasteiger partial charge in [0, 0.05) is 37.1 Å². The van der Waals surface area contributed by atoms with Crippen molar-refractivity contribution in [1.82, 2.24) is 15.1 Å². The van der Waals surface area contributed by atoms with Crippen LogP contribution in [0.1, 0.15) is 36.4 Å². The van der Waals surface area contributed by atoms with Crippen LogP contribution in [0.5, 0.6) is 0 Å². The lowest BCUT2D eigenvalue weighted by Crippen LogP contribution is -2.47. The number of carbonyl (C=O) groups is 3. The minimum atomic E-state index is -0.716. The van der Waals surface area contributed by atoms with Crippen molar-refractivity contribution in [2.75, 3.05) is 33.3 Å². The highest BCUT2D eigenvalue weighted by Gasteiger charge is 2.36. The van der Waals surface area contributed by atoms with Gasteiger partial charge in [-0.15, -0.1) is 0 Å². The number of benzene rings is 1. The van der Waals surface area contributed by atoms with Crippen molar-refractivity contribution in [3.63, 3.8) is 0 Å². The second-order valence-corrected chi connectivity index (χ2v) is 7.70. The predicted molar refractivity (Wildman–Crippen MR) is 103 cm³/mol. The van der Waals surface area contributed by atoms with Gasteiger partial charge in [0.2, 0.25) is 11.8 Å². The third-order valence-corrected chi connectivity index (χ3v) is 5.56. The van der Waals surface area contributed by atoms with Crippen LogP contribution in [-0.4, -0.2) is 61.0 Å². The van der Waals surface area contributed by atoms with Crippen molar-refractivity contribution in [3.05, 3.63) is 33.8 Å². The number of nitrogens with zero attached hydrogens (tertiary/aromatic N) is 2. The minimum absolute atomic E-state index is 0.184. The fourth-order valence-electron chi connectivity index (χ4n) is 3.70. The second kappa shape index (κ2) is 8.73. The van der Waals surface area contributed by atoms with Crippen molar-refractivity contribution in [2.24, 2.45) is 0 Å². The van der Waals surface area contributed by atoms with E-state index in [2.05, 4.69) is 21.2 Å². The van der Waals surface area contributed by atoms with Gasteiger partial charge in [-0.25, -0.2) is 4.79 Å². The third-order valence-electron chi connectivity index (χ3n) is 5.07. The Balaban J connectivity index is 1.67. The SMILES string of the molecule is COC(=O)N1CCc2ccc(Br)cc2[C@H]1C(=O)NCCCN1CCCC1=O. The summed E-state index contributed by atoms with van der Waals surface area (Å²) in [5.74, 6) is -0.0450. The van der Waals surface area contributed by atoms with Crippen LogP contribution in [0.15, 0.2) is 22.7 Å². The first kappa shape index (κ1) is 19.7. The van der Waals surface area contributed by atoms with Gasteiger partial charge in [0.15, 0.2) is 0 Å². The summed E-state index contributed by atoms with van der Waals surface area (Å²) in [5, 5.41) is 2.92. The number of likely N-dealkylation sites (tertiary alicyclic amines) is 1. The summed E-state index contributed by atoms with van der Waals surface area (Å²) in [5.41, 5.74) is 1.87. The van der Waals surface area contributed by atoms with E-state index >= 15 is 0 Å². The molecule has 1 fully saturated rings. The minimum Gasteiger partial charge on any atom is -0.453 e. The Morgan fingerprint density at radius 3 is 2.81 bits per heavy atom. The van der Waals surface area contributed by atoms with Crippen LogP contribution in [0.3, 0.4) is 0 Å². The number of ether oxygens (including phenoxy) is 1. The third kappa shape index (κ3) is 4.43. The van der Waals surface area contributed by atoms with Gasteiger partial charge in [-0.2, -0.15) is 0 Å². The monoisotopic (exact) mass is 437 g/mol. The van der Waals surface area contributed by atoms with Crippen LogP contribution < -0.4 is 5.32 Å². The van der Waals surface area contributed by atoms with Gasteiger partial charge in [-0.3, -0.25) is 14.5 Å². The molecule has 3 rings (SSSR count). The van der Waals surface area contributed by atoms with Crippen LogP contribution in [0.25, 0.3) is 0 Å². The molecule has 1 aromatic rings. The number of methoxy groups -OCH3 is 1. The molecular weight excluding hydrogens is 414 g/mol. The van der Waals surface area contributed by atoms with Gasteiger partial charge in [0.1, 0.15) is 6.04 Å². The second-order valence-electron chi connectivity index (χ2n) is 6.79. The average Bonchev–Trinajstić information content (AvgIpc) is 3.08. The molecule has 1 atom stereocenters. The Labute approximate surface area is 167 Å². The van der Waals surface area contributed by atoms with E-state index in [1.807, 2.05) is 23.1 Å². The van der Waals surface area contributed by atoms with Crippen molar-refractivity contribution in [2.45, 2.75) is 31.7 Å². The molecule has 2 heterocycles. The van der Waals surface area contributed by atoms with Crippen molar-refractivity contribution >= 4 is 33.8 Å². The maximum Gasteiger partial charge on any atom is 0.410 e. The molecule has 0 spiro atoms. The molecule has 8 heteroatoms. The Morgan fingerprint density at radius 2 is 2.11 bits per heavy atom. The molecule has 0 radical (unpaired) electrons. The summed E-state index contributed by atoms with van der Waals surface area (Å²) >= 11 is 3.44. The van der Waals surface area contributed by atoms with Crippen LogP contribution in [0.4, 0.5) is 4.79 Å². The fourth-order valence-corrected chi connectivity index (χ4v) is 4.08. The molecule has 0 aromatic heterocycles. The maximum absolute atomic E-state index is 12.9. The lowest BCUT2D eigenvalue weighted by molar-refractivity contribution is -0.127. The van der Waals surface area contributed by atoms with Crippen LogP contribution in [0, 0.1) is 0 Å². The summed E-state index contributed by atoms with van der Waals surface area (Å²) in [6.45, 7) is 2.33. The normalized spacial score (nSPS) is 19.0. The molecule has 27 heavy (non-hydrogen) atoms. The molecule has 146 valence electrons. The summed E-state index contributed by atoms with van der Waals surface area (Å²) in [6.07, 6.45) is 2.39. The van der Waals surface area contributed by atoms with Crippen LogP contribution >= 0.6 is 15.9 Å². The van der Waals surface area contributed by atoms with E-state index in [0.717, 1.165) is 28.6 Å². The van der Waals surface area contributed by atoms with Gasteiger partial charge in [0.25, 0.3) is 0 Å². The zero-order valence-electron chi connectivity index (χ0n) is 15.4. The standard InChI is InChI=1S/C19H24BrN3O4/c1-27-19(26)23-11-7-13-5-6-14(20)12-15(13)17(23)18(25)21-8-3-10-22-9-2-4-16(22)24/h5-6,12,17H,2-4,7-11H2,1H3,(H,21,25)/t17-/m0/s1. The number of fused-ring (bicyclic) bond motifs is 1. The molecule has 1 N–H and O–H groups in total. The molecule has 0 bridgehead atoms. The van der Waals surface area contributed by atoms with Crippen molar-refractivity contribution < 1.29 is 19.1 Å². The van der Waals surface area contributed by atoms with Gasteiger partial charge in [-0.1, -0.05) is 22.0 Å². The van der Waals surface area contributed by atoms with Crippen molar-refractivity contribution in [1.29, 1.82) is 0 Å². The van der Waals surface area contributed by atoms with Crippen LogP contribution in [-0.2, 0) is 20.7 Å². The molecule has 2 aliphatic rings. The number of amides is 3. The number of nitrogens with one attached hydrogen (secondary N) is 1. The largest absolute Gasteiger partial charge is 0.453 e. The van der Waals surface area contributed by atoms with Gasteiger partial charge >= 0.3 is 6.09 Å². The van der Waals surface area contributed by atoms with Gasteiger partial charge < -0.3 is 15.0 Å². The van der Waals surface area contributed by atoms with Gasteiger partial charge in [0.05, 0.1) is 7.11 Å². The first-order chi connectivity index (χ1) is 13.0. The topological polar surface area (TPSA) is 79.0 Å². The van der Waals surface area contributed by atoms with E-state index in [0.29, 0.717) is 38.9 Å². The lowest BCUT2D eigenvalue weighted by Gasteiger charge is -2.35. The Kier molecular flexibility index (Phi) is 6.36. The summed E-state index contributed by atoms with van der Waals surface area (Å²) in [6, 6.07) is 5.09. The summed E-state index contributed by atoms with van der Waals surface area (Å²) < 4.78 is 5.73. The van der Waals surface area contributed by atoms with E-state index in [4.69, 9.17) is 4.74 Å². The molecule has 7 nitrogen and oxygen atoms in total. The van der Waals surface area contributed by atoms with Crippen molar-refractivity contribution in [3.8, 4) is 0 Å². The smallest absolute Gasteiger partial charge is 0.410 e. The highest BCUT2D eigenvalue weighted by Crippen LogP contribution is 2.32. The van der Waals surface area contributed by atoms with E-state index < -0.39 is 12.1 Å². The zero-order valence-corrected chi connectivity index (χ0v) is 17.0. The molecule has 0 unspecified atom stereocenters. The number of rotatable bonds is 5. The zero-order chi connectivity index (χ0) is 19.4. The number of hydrogen-bond donors (Lipinski definition) is 1. The first-order valence-corrected chi connectivity index (χ1v) is 9.99. The lowest BCUT2D eigenvalue weighted by atomic mass is 9.92. The molecule has 0 saturated carbocycles. The maximum atomic E-state index is 12.9. The predicted octanol–water partition coefficient (Wildman–Crippen LogP) is 2.24.